The maximum absolute atomic E-state index is 12.0. The van der Waals surface area contributed by atoms with E-state index in [0.29, 0.717) is 0 Å². The van der Waals surface area contributed by atoms with Gasteiger partial charge in [-0.3, -0.25) is 9.78 Å². The van der Waals surface area contributed by atoms with Crippen molar-refractivity contribution in [1.29, 1.82) is 0 Å². The summed E-state index contributed by atoms with van der Waals surface area (Å²) in [6.45, 7) is 0. The van der Waals surface area contributed by atoms with Gasteiger partial charge in [0.2, 0.25) is 0 Å². The van der Waals surface area contributed by atoms with Crippen LogP contribution in [0.2, 0.25) is 0 Å². The topological polar surface area (TPSA) is 79.3 Å². The Labute approximate surface area is 109 Å². The van der Waals surface area contributed by atoms with Crippen LogP contribution in [0, 0.1) is 0 Å². The van der Waals surface area contributed by atoms with Crippen molar-refractivity contribution in [2.75, 3.05) is 11.5 Å². The number of carboxylic acid groups (broad SMARTS) is 1. The molecule has 1 aliphatic rings. The molecule has 0 spiro atoms. The van der Waals surface area contributed by atoms with E-state index in [0.717, 1.165) is 24.3 Å². The van der Waals surface area contributed by atoms with Gasteiger partial charge < -0.3 is 10.4 Å². The van der Waals surface area contributed by atoms with Crippen LogP contribution >= 0.6 is 11.8 Å². The standard InChI is InChI=1S/C12H14N2O3S/c15-11(14-8-3-6-18-7-4-8)10-9(12(16)17)2-1-5-13-10/h1-2,5,8H,3-4,6-7H2,(H,14,15)(H,16,17). The van der Waals surface area contributed by atoms with Gasteiger partial charge in [0.15, 0.2) is 0 Å². The number of carbonyl (C=O) groups excluding carboxylic acids is 1. The van der Waals surface area contributed by atoms with Crippen LogP contribution in [0.3, 0.4) is 0 Å². The van der Waals surface area contributed by atoms with Gasteiger partial charge in [0.05, 0.1) is 5.56 Å². The van der Waals surface area contributed by atoms with Crippen LogP contribution in [-0.2, 0) is 0 Å². The fourth-order valence-electron chi connectivity index (χ4n) is 1.85. The predicted octanol–water partition coefficient (Wildman–Crippen LogP) is 1.41. The zero-order valence-corrected chi connectivity index (χ0v) is 10.6. The van der Waals surface area contributed by atoms with Crippen molar-refractivity contribution in [3.05, 3.63) is 29.6 Å². The quantitative estimate of drug-likeness (QED) is 0.864. The molecule has 0 saturated carbocycles. The smallest absolute Gasteiger partial charge is 0.338 e. The summed E-state index contributed by atoms with van der Waals surface area (Å²) in [4.78, 5) is 26.9. The molecule has 18 heavy (non-hydrogen) atoms. The highest BCUT2D eigenvalue weighted by Gasteiger charge is 2.21. The molecule has 6 heteroatoms. The molecule has 2 heterocycles. The maximum Gasteiger partial charge on any atom is 0.338 e. The van der Waals surface area contributed by atoms with Gasteiger partial charge in [0.25, 0.3) is 5.91 Å². The third-order valence-electron chi connectivity index (χ3n) is 2.81. The van der Waals surface area contributed by atoms with Gasteiger partial charge >= 0.3 is 5.97 Å². The van der Waals surface area contributed by atoms with Gasteiger partial charge in [-0.2, -0.15) is 11.8 Å². The summed E-state index contributed by atoms with van der Waals surface area (Å²) in [5.41, 5.74) is -0.0663. The van der Waals surface area contributed by atoms with Crippen LogP contribution in [-0.4, -0.2) is 39.5 Å². The molecule has 1 saturated heterocycles. The highest BCUT2D eigenvalue weighted by Crippen LogP contribution is 2.17. The molecule has 1 aromatic heterocycles. The van der Waals surface area contributed by atoms with E-state index in [-0.39, 0.29) is 17.3 Å². The van der Waals surface area contributed by atoms with Crippen LogP contribution in [0.1, 0.15) is 33.7 Å². The largest absolute Gasteiger partial charge is 0.478 e. The number of hydrogen-bond acceptors (Lipinski definition) is 4. The molecule has 5 nitrogen and oxygen atoms in total. The van der Waals surface area contributed by atoms with E-state index in [1.54, 1.807) is 0 Å². The summed E-state index contributed by atoms with van der Waals surface area (Å²) in [6, 6.07) is 3.03. The van der Waals surface area contributed by atoms with Crippen molar-refractivity contribution >= 4 is 23.6 Å². The van der Waals surface area contributed by atoms with Crippen molar-refractivity contribution < 1.29 is 14.7 Å². The van der Waals surface area contributed by atoms with Crippen molar-refractivity contribution in [3.8, 4) is 0 Å². The number of nitrogens with one attached hydrogen (secondary N) is 1. The van der Waals surface area contributed by atoms with Crippen LogP contribution in [0.4, 0.5) is 0 Å². The molecule has 1 amide bonds. The Hall–Kier alpha value is -1.56. The third-order valence-corrected chi connectivity index (χ3v) is 3.86. The van der Waals surface area contributed by atoms with Crippen molar-refractivity contribution in [1.82, 2.24) is 10.3 Å². The molecule has 0 unspecified atom stereocenters. The number of aromatic nitrogens is 1. The molecule has 0 bridgehead atoms. The first-order valence-corrected chi connectivity index (χ1v) is 6.91. The Morgan fingerprint density at radius 1 is 1.39 bits per heavy atom. The molecule has 2 N–H and O–H groups in total. The minimum atomic E-state index is -1.13. The number of pyridine rings is 1. The lowest BCUT2D eigenvalue weighted by Gasteiger charge is -2.22. The minimum absolute atomic E-state index is 0.0109. The van der Waals surface area contributed by atoms with E-state index in [9.17, 15) is 9.59 Å². The molecule has 0 aliphatic carbocycles. The van der Waals surface area contributed by atoms with E-state index in [4.69, 9.17) is 5.11 Å². The summed E-state index contributed by atoms with van der Waals surface area (Å²) < 4.78 is 0. The molecule has 1 fully saturated rings. The molecule has 0 atom stereocenters. The third kappa shape index (κ3) is 3.01. The number of hydrogen-bond donors (Lipinski definition) is 2. The number of nitrogens with zero attached hydrogens (tertiary/aromatic N) is 1. The summed E-state index contributed by atoms with van der Waals surface area (Å²) in [6.07, 6.45) is 3.27. The van der Waals surface area contributed by atoms with E-state index < -0.39 is 11.9 Å². The van der Waals surface area contributed by atoms with Gasteiger partial charge in [0, 0.05) is 12.2 Å². The van der Waals surface area contributed by atoms with E-state index in [1.807, 2.05) is 11.8 Å². The Morgan fingerprint density at radius 3 is 2.78 bits per heavy atom. The molecule has 0 radical (unpaired) electrons. The second-order valence-corrected chi connectivity index (χ2v) is 5.29. The second-order valence-electron chi connectivity index (χ2n) is 4.06. The van der Waals surface area contributed by atoms with Crippen molar-refractivity contribution in [3.63, 3.8) is 0 Å². The number of carbonyl (C=O) groups is 2. The molecule has 2 rings (SSSR count). The van der Waals surface area contributed by atoms with Crippen LogP contribution in [0.5, 0.6) is 0 Å². The number of amides is 1. The zero-order chi connectivity index (χ0) is 13.0. The first-order valence-electron chi connectivity index (χ1n) is 5.75. The summed E-state index contributed by atoms with van der Waals surface area (Å²) in [7, 11) is 0. The summed E-state index contributed by atoms with van der Waals surface area (Å²) >= 11 is 1.87. The first kappa shape index (κ1) is 12.9. The van der Waals surface area contributed by atoms with Gasteiger partial charge in [0.1, 0.15) is 5.69 Å². The monoisotopic (exact) mass is 266 g/mol. The lowest BCUT2D eigenvalue weighted by Crippen LogP contribution is -2.38. The lowest BCUT2D eigenvalue weighted by molar-refractivity contribution is 0.0689. The minimum Gasteiger partial charge on any atom is -0.478 e. The number of rotatable bonds is 3. The SMILES string of the molecule is O=C(O)c1cccnc1C(=O)NC1CCSCC1. The fraction of sp³-hybridized carbons (Fsp3) is 0.417. The predicted molar refractivity (Wildman–Crippen MR) is 69.0 cm³/mol. The Balaban J connectivity index is 2.10. The molecule has 0 aromatic carbocycles. The zero-order valence-electron chi connectivity index (χ0n) is 9.76. The highest BCUT2D eigenvalue weighted by molar-refractivity contribution is 7.99. The lowest BCUT2D eigenvalue weighted by atomic mass is 10.1. The van der Waals surface area contributed by atoms with Crippen LogP contribution < -0.4 is 5.32 Å². The molecule has 1 aliphatic heterocycles. The fourth-order valence-corrected chi connectivity index (χ4v) is 2.96. The Morgan fingerprint density at radius 2 is 2.11 bits per heavy atom. The van der Waals surface area contributed by atoms with Gasteiger partial charge in [-0.05, 0) is 36.5 Å². The van der Waals surface area contributed by atoms with Crippen LogP contribution in [0.15, 0.2) is 18.3 Å². The van der Waals surface area contributed by atoms with E-state index in [1.165, 1.54) is 18.3 Å². The van der Waals surface area contributed by atoms with Gasteiger partial charge in [-0.1, -0.05) is 0 Å². The van der Waals surface area contributed by atoms with Crippen molar-refractivity contribution in [2.24, 2.45) is 0 Å². The summed E-state index contributed by atoms with van der Waals surface area (Å²) in [5, 5.41) is 11.8. The summed E-state index contributed by atoms with van der Waals surface area (Å²) in [5.74, 6) is 0.523. The number of carboxylic acids is 1. The number of aromatic carboxylic acids is 1. The molecule has 96 valence electrons. The highest BCUT2D eigenvalue weighted by atomic mass is 32.2. The van der Waals surface area contributed by atoms with E-state index >= 15 is 0 Å². The first-order chi connectivity index (χ1) is 8.68. The molecule has 1 aromatic rings. The second kappa shape index (κ2) is 5.86. The molecular weight excluding hydrogens is 252 g/mol. The number of thioether (sulfide) groups is 1. The van der Waals surface area contributed by atoms with Crippen LogP contribution in [0.25, 0.3) is 0 Å². The normalized spacial score (nSPS) is 16.2. The average Bonchev–Trinajstić information content (AvgIpc) is 2.40. The Kier molecular flexibility index (Phi) is 4.19. The average molecular weight is 266 g/mol. The van der Waals surface area contributed by atoms with Crippen molar-refractivity contribution in [2.45, 2.75) is 18.9 Å². The van der Waals surface area contributed by atoms with E-state index in [2.05, 4.69) is 10.3 Å². The van der Waals surface area contributed by atoms with Gasteiger partial charge in [-0.15, -0.1) is 0 Å². The molecular formula is C12H14N2O3S. The maximum atomic E-state index is 12.0. The van der Waals surface area contributed by atoms with Gasteiger partial charge in [-0.25, -0.2) is 4.79 Å². The Bertz CT molecular complexity index is 458.